The molecule has 2 unspecified atom stereocenters. The van der Waals surface area contributed by atoms with Crippen molar-refractivity contribution in [1.29, 1.82) is 0 Å². The Balaban J connectivity index is 2.24. The highest BCUT2D eigenvalue weighted by Gasteiger charge is 2.34. The summed E-state index contributed by atoms with van der Waals surface area (Å²) in [6.07, 6.45) is 1.00. The van der Waals surface area contributed by atoms with Gasteiger partial charge in [-0.25, -0.2) is 4.39 Å². The Hall–Kier alpha value is -1.10. The first kappa shape index (κ1) is 14.3. The van der Waals surface area contributed by atoms with Gasteiger partial charge in [0.15, 0.2) is 11.6 Å². The predicted octanol–water partition coefficient (Wildman–Crippen LogP) is 3.08. The minimum atomic E-state index is -0.453. The fourth-order valence-corrected chi connectivity index (χ4v) is 3.44. The molecule has 1 saturated heterocycles. The van der Waals surface area contributed by atoms with Crippen LogP contribution in [0, 0.1) is 11.7 Å². The zero-order valence-electron chi connectivity index (χ0n) is 11.0. The van der Waals surface area contributed by atoms with Gasteiger partial charge in [-0.1, -0.05) is 22.9 Å². The van der Waals surface area contributed by atoms with Crippen molar-refractivity contribution in [2.75, 3.05) is 19.0 Å². The second-order valence-corrected chi connectivity index (χ2v) is 5.48. The van der Waals surface area contributed by atoms with Crippen molar-refractivity contribution >= 4 is 21.8 Å². The van der Waals surface area contributed by atoms with Crippen LogP contribution < -0.4 is 4.74 Å². The molecule has 1 heterocycles. The molecular weight excluding hydrogens is 313 g/mol. The number of amides is 1. The number of ether oxygens (including phenoxy) is 1. The summed E-state index contributed by atoms with van der Waals surface area (Å²) in [7, 11) is 1.39. The maximum Gasteiger partial charge on any atom is 0.254 e. The van der Waals surface area contributed by atoms with Gasteiger partial charge >= 0.3 is 0 Å². The zero-order chi connectivity index (χ0) is 14.0. The summed E-state index contributed by atoms with van der Waals surface area (Å²) in [4.78, 5) is 14.3. The summed E-state index contributed by atoms with van der Waals surface area (Å²) in [6, 6.07) is 4.44. The number of alkyl halides is 1. The van der Waals surface area contributed by atoms with Crippen LogP contribution in [-0.2, 0) is 0 Å². The monoisotopic (exact) mass is 329 g/mol. The number of likely N-dealkylation sites (tertiary alicyclic amines) is 1. The van der Waals surface area contributed by atoms with Gasteiger partial charge in [0, 0.05) is 23.5 Å². The number of methoxy groups -OCH3 is 1. The van der Waals surface area contributed by atoms with E-state index in [4.69, 9.17) is 4.74 Å². The van der Waals surface area contributed by atoms with Crippen LogP contribution in [0.15, 0.2) is 18.2 Å². The van der Waals surface area contributed by atoms with Crippen LogP contribution in [0.25, 0.3) is 0 Å². The Morgan fingerprint density at radius 3 is 2.95 bits per heavy atom. The van der Waals surface area contributed by atoms with E-state index in [0.29, 0.717) is 11.5 Å². The average Bonchev–Trinajstić information content (AvgIpc) is 2.79. The molecule has 0 bridgehead atoms. The minimum Gasteiger partial charge on any atom is -0.494 e. The average molecular weight is 330 g/mol. The van der Waals surface area contributed by atoms with Gasteiger partial charge in [0.1, 0.15) is 0 Å². The van der Waals surface area contributed by atoms with Crippen molar-refractivity contribution in [2.24, 2.45) is 5.92 Å². The molecule has 1 aliphatic heterocycles. The van der Waals surface area contributed by atoms with E-state index in [0.717, 1.165) is 18.3 Å². The molecule has 2 atom stereocenters. The fourth-order valence-electron chi connectivity index (χ4n) is 2.45. The second kappa shape index (κ2) is 5.90. The number of carbonyl (C=O) groups excluding carboxylic acids is 1. The van der Waals surface area contributed by atoms with Crippen LogP contribution in [-0.4, -0.2) is 35.8 Å². The number of benzene rings is 1. The third-order valence-corrected chi connectivity index (χ3v) is 4.36. The Bertz CT molecular complexity index is 481. The van der Waals surface area contributed by atoms with Crippen LogP contribution in [0.3, 0.4) is 0 Å². The number of nitrogens with zero attached hydrogens (tertiary/aromatic N) is 1. The molecule has 2 rings (SSSR count). The molecule has 19 heavy (non-hydrogen) atoms. The molecule has 0 aliphatic carbocycles. The van der Waals surface area contributed by atoms with E-state index in [9.17, 15) is 9.18 Å². The molecule has 0 N–H and O–H groups in total. The van der Waals surface area contributed by atoms with Gasteiger partial charge in [0.2, 0.25) is 0 Å². The van der Waals surface area contributed by atoms with E-state index in [1.54, 1.807) is 0 Å². The molecule has 3 nitrogen and oxygen atoms in total. The number of hydrogen-bond donors (Lipinski definition) is 0. The highest BCUT2D eigenvalue weighted by molar-refractivity contribution is 9.09. The lowest BCUT2D eigenvalue weighted by molar-refractivity contribution is 0.0738. The standard InChI is InChI=1S/C14H17BrFNO2/c1-9-5-6-17(12(9)8-15)14(18)10-3-4-11(16)13(7-10)19-2/h3-4,7,9,12H,5-6,8H2,1-2H3. The molecule has 0 aromatic heterocycles. The van der Waals surface area contributed by atoms with Crippen LogP contribution in [0.1, 0.15) is 23.7 Å². The molecule has 1 aromatic rings. The van der Waals surface area contributed by atoms with Gasteiger partial charge in [0.05, 0.1) is 7.11 Å². The van der Waals surface area contributed by atoms with E-state index >= 15 is 0 Å². The molecule has 1 fully saturated rings. The van der Waals surface area contributed by atoms with Crippen molar-refractivity contribution in [3.8, 4) is 5.75 Å². The van der Waals surface area contributed by atoms with Gasteiger partial charge < -0.3 is 9.64 Å². The first-order valence-electron chi connectivity index (χ1n) is 6.29. The molecular formula is C14H17BrFNO2. The molecule has 1 amide bonds. The third kappa shape index (κ3) is 2.76. The number of carbonyl (C=O) groups is 1. The van der Waals surface area contributed by atoms with E-state index in [1.165, 1.54) is 25.3 Å². The Kier molecular flexibility index (Phi) is 4.45. The van der Waals surface area contributed by atoms with Gasteiger partial charge in [-0.15, -0.1) is 0 Å². The lowest BCUT2D eigenvalue weighted by atomic mass is 10.0. The largest absolute Gasteiger partial charge is 0.494 e. The van der Waals surface area contributed by atoms with Crippen molar-refractivity contribution in [1.82, 2.24) is 4.90 Å². The Morgan fingerprint density at radius 2 is 2.32 bits per heavy atom. The fraction of sp³-hybridized carbons (Fsp3) is 0.500. The maximum absolute atomic E-state index is 13.4. The van der Waals surface area contributed by atoms with E-state index in [1.807, 2.05) is 4.90 Å². The molecule has 1 aromatic carbocycles. The summed E-state index contributed by atoms with van der Waals surface area (Å²) in [5, 5.41) is 0.762. The summed E-state index contributed by atoms with van der Waals surface area (Å²) in [5.41, 5.74) is 0.471. The first-order valence-corrected chi connectivity index (χ1v) is 7.41. The van der Waals surface area contributed by atoms with Crippen molar-refractivity contribution in [3.63, 3.8) is 0 Å². The Morgan fingerprint density at radius 1 is 1.58 bits per heavy atom. The van der Waals surface area contributed by atoms with Crippen LogP contribution >= 0.6 is 15.9 Å². The van der Waals surface area contributed by atoms with E-state index in [-0.39, 0.29) is 17.7 Å². The topological polar surface area (TPSA) is 29.5 Å². The highest BCUT2D eigenvalue weighted by Crippen LogP contribution is 2.28. The predicted molar refractivity (Wildman–Crippen MR) is 75.4 cm³/mol. The van der Waals surface area contributed by atoms with Crippen LogP contribution in [0.4, 0.5) is 4.39 Å². The Labute approximate surface area is 120 Å². The van der Waals surface area contributed by atoms with E-state index < -0.39 is 5.82 Å². The van der Waals surface area contributed by atoms with Gasteiger partial charge in [-0.05, 0) is 30.5 Å². The maximum atomic E-state index is 13.4. The van der Waals surface area contributed by atoms with E-state index in [2.05, 4.69) is 22.9 Å². The summed E-state index contributed by atoms with van der Waals surface area (Å²) in [5.74, 6) is 0.0668. The summed E-state index contributed by atoms with van der Waals surface area (Å²) >= 11 is 3.46. The van der Waals surface area contributed by atoms with Crippen molar-refractivity contribution < 1.29 is 13.9 Å². The smallest absolute Gasteiger partial charge is 0.254 e. The third-order valence-electron chi connectivity index (χ3n) is 3.70. The van der Waals surface area contributed by atoms with Crippen LogP contribution in [0.5, 0.6) is 5.75 Å². The normalized spacial score (nSPS) is 22.6. The minimum absolute atomic E-state index is 0.0629. The first-order chi connectivity index (χ1) is 9.08. The van der Waals surface area contributed by atoms with Crippen molar-refractivity contribution in [3.05, 3.63) is 29.6 Å². The molecule has 104 valence electrons. The van der Waals surface area contributed by atoms with Crippen LogP contribution in [0.2, 0.25) is 0 Å². The quantitative estimate of drug-likeness (QED) is 0.797. The number of hydrogen-bond acceptors (Lipinski definition) is 2. The van der Waals surface area contributed by atoms with Gasteiger partial charge in [-0.3, -0.25) is 4.79 Å². The summed E-state index contributed by atoms with van der Waals surface area (Å²) in [6.45, 7) is 2.89. The molecule has 0 spiro atoms. The highest BCUT2D eigenvalue weighted by atomic mass is 79.9. The molecule has 1 aliphatic rings. The lowest BCUT2D eigenvalue weighted by Crippen LogP contribution is -2.38. The molecule has 0 saturated carbocycles. The van der Waals surface area contributed by atoms with Crippen molar-refractivity contribution in [2.45, 2.75) is 19.4 Å². The van der Waals surface area contributed by atoms with Gasteiger partial charge in [0.25, 0.3) is 5.91 Å². The lowest BCUT2D eigenvalue weighted by Gasteiger charge is -2.25. The molecule has 0 radical (unpaired) electrons. The summed E-state index contributed by atoms with van der Waals surface area (Å²) < 4.78 is 18.3. The molecule has 5 heteroatoms. The van der Waals surface area contributed by atoms with Gasteiger partial charge in [-0.2, -0.15) is 0 Å². The second-order valence-electron chi connectivity index (χ2n) is 4.84. The number of halogens is 2. The number of rotatable bonds is 3. The zero-order valence-corrected chi connectivity index (χ0v) is 12.6. The SMILES string of the molecule is COc1cc(C(=O)N2CCC(C)C2CBr)ccc1F.